The number of benzene rings is 1. The van der Waals surface area contributed by atoms with Crippen LogP contribution in [0.5, 0.6) is 0 Å². The average Bonchev–Trinajstić information content (AvgIpc) is 2.58. The van der Waals surface area contributed by atoms with Crippen molar-refractivity contribution in [3.8, 4) is 0 Å². The molecule has 7 nitrogen and oxygen atoms in total. The first kappa shape index (κ1) is 19.8. The van der Waals surface area contributed by atoms with Gasteiger partial charge < -0.3 is 30.2 Å². The number of hydrogen-bond acceptors (Lipinski definition) is 6. The van der Waals surface area contributed by atoms with Crippen LogP contribution in [0.2, 0.25) is 0 Å². The van der Waals surface area contributed by atoms with Crippen LogP contribution < -0.4 is 16.0 Å². The molecule has 2 aliphatic rings. The van der Waals surface area contributed by atoms with Crippen LogP contribution in [0.4, 0.5) is 16.2 Å². The molecular weight excluding hydrogens is 346 g/mol. The summed E-state index contributed by atoms with van der Waals surface area (Å²) in [4.78, 5) is 14.2. The van der Waals surface area contributed by atoms with Crippen LogP contribution in [0.1, 0.15) is 39.2 Å². The number of nitrogens with two attached hydrogens (primary N) is 1. The number of rotatable bonds is 5. The summed E-state index contributed by atoms with van der Waals surface area (Å²) in [6, 6.07) is 6.06. The number of amides is 1. The van der Waals surface area contributed by atoms with Gasteiger partial charge in [0.25, 0.3) is 0 Å². The Hall–Kier alpha value is -1.99. The maximum Gasteiger partial charge on any atom is 0.407 e. The minimum atomic E-state index is -0.498. The molecule has 1 saturated heterocycles. The second kappa shape index (κ2) is 8.35. The minimum absolute atomic E-state index is 0.000349. The van der Waals surface area contributed by atoms with Crippen molar-refractivity contribution in [2.45, 2.75) is 58.0 Å². The Morgan fingerprint density at radius 1 is 1.26 bits per heavy atom. The van der Waals surface area contributed by atoms with E-state index in [1.54, 1.807) is 0 Å². The normalized spacial score (nSPS) is 22.9. The Bertz CT molecular complexity index is 653. The van der Waals surface area contributed by atoms with Gasteiger partial charge >= 0.3 is 6.09 Å². The van der Waals surface area contributed by atoms with Crippen LogP contribution in [0.25, 0.3) is 0 Å². The smallest absolute Gasteiger partial charge is 0.407 e. The maximum atomic E-state index is 11.9. The third-order valence-corrected chi connectivity index (χ3v) is 4.75. The zero-order valence-corrected chi connectivity index (χ0v) is 16.5. The molecule has 1 aliphatic heterocycles. The largest absolute Gasteiger partial charge is 0.444 e. The summed E-state index contributed by atoms with van der Waals surface area (Å²) in [5.41, 5.74) is 8.46. The fourth-order valence-electron chi connectivity index (χ4n) is 3.28. The van der Waals surface area contributed by atoms with E-state index < -0.39 is 5.60 Å². The predicted octanol–water partition coefficient (Wildman–Crippen LogP) is 2.68. The lowest BCUT2D eigenvalue weighted by Crippen LogP contribution is -2.52. The number of anilines is 2. The van der Waals surface area contributed by atoms with Gasteiger partial charge in [0.05, 0.1) is 32.0 Å². The molecule has 3 N–H and O–H groups in total. The van der Waals surface area contributed by atoms with Crippen LogP contribution in [-0.2, 0) is 20.8 Å². The van der Waals surface area contributed by atoms with Gasteiger partial charge in [-0.3, -0.25) is 0 Å². The van der Waals surface area contributed by atoms with Gasteiger partial charge in [-0.1, -0.05) is 0 Å². The summed E-state index contributed by atoms with van der Waals surface area (Å²) in [5, 5.41) is 2.90. The zero-order valence-electron chi connectivity index (χ0n) is 16.5. The van der Waals surface area contributed by atoms with Crippen LogP contribution >= 0.6 is 0 Å². The molecule has 1 saturated carbocycles. The highest BCUT2D eigenvalue weighted by Crippen LogP contribution is 2.27. The van der Waals surface area contributed by atoms with E-state index in [2.05, 4.69) is 16.3 Å². The molecule has 0 unspecified atom stereocenters. The van der Waals surface area contributed by atoms with E-state index in [1.165, 1.54) is 0 Å². The van der Waals surface area contributed by atoms with E-state index in [0.717, 1.165) is 56.1 Å². The first-order valence-corrected chi connectivity index (χ1v) is 9.63. The van der Waals surface area contributed by atoms with Crippen molar-refractivity contribution in [1.82, 2.24) is 5.32 Å². The van der Waals surface area contributed by atoms with Crippen molar-refractivity contribution in [1.29, 1.82) is 0 Å². The van der Waals surface area contributed by atoms with Gasteiger partial charge in [-0.2, -0.15) is 0 Å². The Morgan fingerprint density at radius 3 is 2.63 bits per heavy atom. The van der Waals surface area contributed by atoms with E-state index in [-0.39, 0.29) is 18.2 Å². The van der Waals surface area contributed by atoms with Crippen LogP contribution in [0.15, 0.2) is 18.2 Å². The summed E-state index contributed by atoms with van der Waals surface area (Å²) in [6.45, 7) is 9.25. The van der Waals surface area contributed by atoms with Crippen molar-refractivity contribution in [3.63, 3.8) is 0 Å². The molecule has 2 fully saturated rings. The zero-order chi connectivity index (χ0) is 19.4. The molecule has 1 aromatic carbocycles. The van der Waals surface area contributed by atoms with E-state index >= 15 is 0 Å². The van der Waals surface area contributed by atoms with E-state index in [4.69, 9.17) is 19.9 Å². The molecule has 1 aromatic rings. The number of nitrogens with zero attached hydrogens (tertiary/aromatic N) is 1. The van der Waals surface area contributed by atoms with Crippen molar-refractivity contribution in [2.24, 2.45) is 0 Å². The fraction of sp³-hybridized carbons (Fsp3) is 0.650. The van der Waals surface area contributed by atoms with Gasteiger partial charge in [-0.15, -0.1) is 0 Å². The number of morpholine rings is 1. The van der Waals surface area contributed by atoms with Crippen molar-refractivity contribution < 1.29 is 19.0 Å². The van der Waals surface area contributed by atoms with Crippen LogP contribution in [0, 0.1) is 0 Å². The number of hydrogen-bond donors (Lipinski definition) is 2. The molecular formula is C20H31N3O4. The minimum Gasteiger partial charge on any atom is -0.444 e. The average molecular weight is 377 g/mol. The van der Waals surface area contributed by atoms with Crippen LogP contribution in [-0.4, -0.2) is 50.1 Å². The monoisotopic (exact) mass is 377 g/mol. The third kappa shape index (κ3) is 5.74. The number of carbonyl (C=O) groups excluding carboxylic acids is 1. The number of ether oxygens (including phenoxy) is 3. The van der Waals surface area contributed by atoms with E-state index in [0.29, 0.717) is 6.61 Å². The lowest BCUT2D eigenvalue weighted by atomic mass is 9.89. The van der Waals surface area contributed by atoms with Crippen molar-refractivity contribution in [3.05, 3.63) is 23.8 Å². The fourth-order valence-corrected chi connectivity index (χ4v) is 3.28. The number of nitrogens with one attached hydrogen (secondary N) is 1. The second-order valence-electron chi connectivity index (χ2n) is 8.21. The molecule has 1 amide bonds. The van der Waals surface area contributed by atoms with E-state index in [1.807, 2.05) is 32.9 Å². The molecule has 0 spiro atoms. The summed E-state index contributed by atoms with van der Waals surface area (Å²) in [5.74, 6) is 0. The Balaban J connectivity index is 1.52. The highest BCUT2D eigenvalue weighted by Gasteiger charge is 2.34. The highest BCUT2D eigenvalue weighted by molar-refractivity contribution is 5.68. The summed E-state index contributed by atoms with van der Waals surface area (Å²) in [7, 11) is 0. The van der Waals surface area contributed by atoms with E-state index in [9.17, 15) is 4.79 Å². The Kier molecular flexibility index (Phi) is 6.11. The first-order chi connectivity index (χ1) is 12.8. The molecule has 0 aromatic heterocycles. The Labute approximate surface area is 161 Å². The van der Waals surface area contributed by atoms with Crippen molar-refractivity contribution in [2.75, 3.05) is 36.9 Å². The molecule has 1 heterocycles. The molecule has 27 heavy (non-hydrogen) atoms. The Morgan fingerprint density at radius 2 is 2.00 bits per heavy atom. The summed E-state index contributed by atoms with van der Waals surface area (Å²) >= 11 is 0. The lowest BCUT2D eigenvalue weighted by Gasteiger charge is -2.37. The highest BCUT2D eigenvalue weighted by atomic mass is 16.6. The SMILES string of the molecule is CC(C)(C)OC(=O)N[C@@H]1CC[C@H]1OCc1cc(N)cc(N2CCOCC2)c1. The molecule has 150 valence electrons. The quantitative estimate of drug-likeness (QED) is 0.768. The summed E-state index contributed by atoms with van der Waals surface area (Å²) < 4.78 is 16.8. The predicted molar refractivity (Wildman–Crippen MR) is 105 cm³/mol. The molecule has 7 heteroatoms. The third-order valence-electron chi connectivity index (χ3n) is 4.75. The van der Waals surface area contributed by atoms with Crippen molar-refractivity contribution >= 4 is 17.5 Å². The molecule has 2 atom stereocenters. The maximum absolute atomic E-state index is 11.9. The number of carbonyl (C=O) groups is 1. The number of nitrogen functional groups attached to an aromatic ring is 1. The van der Waals surface area contributed by atoms with Crippen LogP contribution in [0.3, 0.4) is 0 Å². The van der Waals surface area contributed by atoms with Gasteiger partial charge in [0.1, 0.15) is 5.60 Å². The standard InChI is InChI=1S/C20H31N3O4/c1-20(2,3)27-19(24)22-17-4-5-18(17)26-13-14-10-15(21)12-16(11-14)23-6-8-25-9-7-23/h10-12,17-18H,4-9,13,21H2,1-3H3,(H,22,24)/t17-,18-/m1/s1. The molecule has 0 bridgehead atoms. The van der Waals surface area contributed by atoms with Gasteiger partial charge in [0, 0.05) is 24.5 Å². The molecule has 1 aliphatic carbocycles. The van der Waals surface area contributed by atoms with Gasteiger partial charge in [-0.05, 0) is 57.4 Å². The first-order valence-electron chi connectivity index (χ1n) is 9.63. The summed E-state index contributed by atoms with van der Waals surface area (Å²) in [6.07, 6.45) is 1.45. The lowest BCUT2D eigenvalue weighted by molar-refractivity contribution is -0.0391. The molecule has 3 rings (SSSR count). The molecule has 0 radical (unpaired) electrons. The topological polar surface area (TPSA) is 86.0 Å². The van der Waals surface area contributed by atoms with Gasteiger partial charge in [0.15, 0.2) is 0 Å². The van der Waals surface area contributed by atoms with Gasteiger partial charge in [0.2, 0.25) is 0 Å². The number of alkyl carbamates (subject to hydrolysis) is 1. The van der Waals surface area contributed by atoms with Gasteiger partial charge in [-0.25, -0.2) is 4.79 Å². The second-order valence-corrected chi connectivity index (χ2v) is 8.21.